The van der Waals surface area contributed by atoms with Gasteiger partial charge in [0.05, 0.1) is 27.7 Å². The maximum absolute atomic E-state index is 12.6. The highest BCUT2D eigenvalue weighted by Gasteiger charge is 2.21. The predicted octanol–water partition coefficient (Wildman–Crippen LogP) is 9.72. The Labute approximate surface area is 305 Å². The van der Waals surface area contributed by atoms with Crippen molar-refractivity contribution in [3.63, 3.8) is 0 Å². The maximum atomic E-state index is 12.6. The van der Waals surface area contributed by atoms with Crippen LogP contribution in [0, 0.1) is 0 Å². The molecule has 9 nitrogen and oxygen atoms in total. The van der Waals surface area contributed by atoms with Crippen LogP contribution < -0.4 is 4.89 Å². The van der Waals surface area contributed by atoms with Crippen molar-refractivity contribution in [2.24, 2.45) is 0 Å². The van der Waals surface area contributed by atoms with E-state index < -0.39 is 32.5 Å². The molecule has 10 heteroatoms. The van der Waals surface area contributed by atoms with Gasteiger partial charge in [-0.1, -0.05) is 127 Å². The second-order valence-corrected chi connectivity index (χ2v) is 15.3. The minimum Gasteiger partial charge on any atom is -0.756 e. The Kier molecular flexibility index (Phi) is 31.5. The summed E-state index contributed by atoms with van der Waals surface area (Å²) in [5, 5.41) is 0. The Balaban J connectivity index is 4.52. The van der Waals surface area contributed by atoms with Crippen LogP contribution >= 0.6 is 7.82 Å². The summed E-state index contributed by atoms with van der Waals surface area (Å²) in [5.74, 6) is -0.888. The number of hydrogen-bond acceptors (Lipinski definition) is 8. The molecule has 0 spiro atoms. The molecule has 0 heterocycles. The standard InChI is InChI=1S/C40H72NO8P/c1-6-8-10-12-14-16-18-19-20-21-23-25-27-29-31-33-40(43)49-38(37-48-50(44,45)47-35-34-41(3,4)5)36-46-39(42)32-30-28-26-24-22-17-15-13-11-9-7-2/h8,10,14,16,19-20,23,25,38H,6-7,9,11-13,15,17-18,21-22,24,26-37H2,1-5H3/b10-8-,16-14-,20-19-,25-23-. The fourth-order valence-electron chi connectivity index (χ4n) is 4.82. The van der Waals surface area contributed by atoms with Gasteiger partial charge in [0.1, 0.15) is 19.8 Å². The van der Waals surface area contributed by atoms with Crippen molar-refractivity contribution in [1.82, 2.24) is 0 Å². The molecule has 50 heavy (non-hydrogen) atoms. The zero-order chi connectivity index (χ0) is 37.2. The van der Waals surface area contributed by atoms with Crippen LogP contribution in [-0.4, -0.2) is 70.0 Å². The van der Waals surface area contributed by atoms with Gasteiger partial charge in [-0.15, -0.1) is 0 Å². The Morgan fingerprint density at radius 2 is 1.14 bits per heavy atom. The molecule has 0 aromatic heterocycles. The number of phosphoric acid groups is 1. The van der Waals surface area contributed by atoms with Crippen molar-refractivity contribution < 1.29 is 42.1 Å². The van der Waals surface area contributed by atoms with E-state index in [-0.39, 0.29) is 26.1 Å². The van der Waals surface area contributed by atoms with Crippen LogP contribution in [-0.2, 0) is 32.7 Å². The number of unbranched alkanes of at least 4 members (excludes halogenated alkanes) is 12. The average Bonchev–Trinajstić information content (AvgIpc) is 3.06. The Morgan fingerprint density at radius 1 is 0.640 bits per heavy atom. The normalized spacial score (nSPS) is 14.3. The highest BCUT2D eigenvalue weighted by Crippen LogP contribution is 2.38. The number of ether oxygens (including phenoxy) is 2. The number of carbonyl (C=O) groups excluding carboxylic acids is 2. The number of likely N-dealkylation sites (N-methyl/N-ethyl adjacent to an activating group) is 1. The van der Waals surface area contributed by atoms with Gasteiger partial charge in [-0.05, 0) is 51.4 Å². The lowest BCUT2D eigenvalue weighted by Crippen LogP contribution is -2.37. The zero-order valence-corrected chi connectivity index (χ0v) is 33.2. The molecule has 0 aliphatic rings. The summed E-state index contributed by atoms with van der Waals surface area (Å²) in [7, 11) is 1.13. The third-order valence-electron chi connectivity index (χ3n) is 7.86. The van der Waals surface area contributed by atoms with Crippen molar-refractivity contribution in [3.8, 4) is 0 Å². The summed E-state index contributed by atoms with van der Waals surface area (Å²) < 4.78 is 33.7. The summed E-state index contributed by atoms with van der Waals surface area (Å²) in [6.45, 7) is 4.03. The van der Waals surface area contributed by atoms with E-state index in [1.165, 1.54) is 51.4 Å². The van der Waals surface area contributed by atoms with Gasteiger partial charge in [0, 0.05) is 12.8 Å². The Morgan fingerprint density at radius 3 is 1.70 bits per heavy atom. The lowest BCUT2D eigenvalue weighted by molar-refractivity contribution is -0.870. The van der Waals surface area contributed by atoms with Gasteiger partial charge in [0.25, 0.3) is 7.82 Å². The first-order valence-corrected chi connectivity index (χ1v) is 20.8. The van der Waals surface area contributed by atoms with Crippen molar-refractivity contribution in [2.45, 2.75) is 148 Å². The molecule has 0 amide bonds. The molecule has 290 valence electrons. The minimum absolute atomic E-state index is 0.0397. The quantitative estimate of drug-likeness (QED) is 0.0212. The molecule has 0 N–H and O–H groups in total. The van der Waals surface area contributed by atoms with Crippen molar-refractivity contribution >= 4 is 19.8 Å². The van der Waals surface area contributed by atoms with Crippen molar-refractivity contribution in [3.05, 3.63) is 48.6 Å². The van der Waals surface area contributed by atoms with E-state index in [1.54, 1.807) is 0 Å². The molecule has 0 aromatic rings. The fraction of sp³-hybridized carbons (Fsp3) is 0.750. The molecular formula is C40H72NO8P. The zero-order valence-electron chi connectivity index (χ0n) is 32.3. The molecule has 2 atom stereocenters. The first kappa shape index (κ1) is 48.0. The van der Waals surface area contributed by atoms with Crippen molar-refractivity contribution in [2.75, 3.05) is 47.5 Å². The Bertz CT molecular complexity index is 1000. The van der Waals surface area contributed by atoms with E-state index in [1.807, 2.05) is 21.1 Å². The minimum atomic E-state index is -4.63. The van der Waals surface area contributed by atoms with Crippen LogP contribution in [0.3, 0.4) is 0 Å². The van der Waals surface area contributed by atoms with Crippen LogP contribution in [0.5, 0.6) is 0 Å². The summed E-state index contributed by atoms with van der Waals surface area (Å²) in [4.78, 5) is 37.3. The first-order valence-electron chi connectivity index (χ1n) is 19.3. The van der Waals surface area contributed by atoms with Crippen LogP contribution in [0.2, 0.25) is 0 Å². The number of quaternary nitrogens is 1. The van der Waals surface area contributed by atoms with Gasteiger partial charge in [-0.25, -0.2) is 0 Å². The molecule has 0 aromatic carbocycles. The maximum Gasteiger partial charge on any atom is 0.306 e. The topological polar surface area (TPSA) is 111 Å². The summed E-state index contributed by atoms with van der Waals surface area (Å²) in [6.07, 6.45) is 35.7. The average molecular weight is 726 g/mol. The number of nitrogens with zero attached hydrogens (tertiary/aromatic N) is 1. The molecule has 0 saturated heterocycles. The summed E-state index contributed by atoms with van der Waals surface area (Å²) in [6, 6.07) is 0. The van der Waals surface area contributed by atoms with Gasteiger partial charge in [-0.2, -0.15) is 0 Å². The summed E-state index contributed by atoms with van der Waals surface area (Å²) >= 11 is 0. The van der Waals surface area contributed by atoms with Crippen LogP contribution in [0.15, 0.2) is 48.6 Å². The third-order valence-corrected chi connectivity index (χ3v) is 8.83. The third kappa shape index (κ3) is 35.8. The van der Waals surface area contributed by atoms with Crippen molar-refractivity contribution in [1.29, 1.82) is 0 Å². The molecular weight excluding hydrogens is 653 g/mol. The molecule has 0 fully saturated rings. The van der Waals surface area contributed by atoms with E-state index in [0.29, 0.717) is 17.4 Å². The number of esters is 2. The van der Waals surface area contributed by atoms with Crippen LogP contribution in [0.25, 0.3) is 0 Å². The number of rotatable bonds is 34. The SMILES string of the molecule is CC/C=C\C/C=C\C/C=C\C/C=C\CCCCC(=O)OC(COC(=O)CCCCCCCCCCCCC)COP(=O)([O-])OCC[N+](C)(C)C. The van der Waals surface area contributed by atoms with E-state index >= 15 is 0 Å². The van der Waals surface area contributed by atoms with Crippen LogP contribution in [0.4, 0.5) is 0 Å². The monoisotopic (exact) mass is 725 g/mol. The second-order valence-electron chi connectivity index (χ2n) is 13.9. The molecule has 0 saturated carbocycles. The lowest BCUT2D eigenvalue weighted by Gasteiger charge is -2.28. The highest BCUT2D eigenvalue weighted by molar-refractivity contribution is 7.45. The number of carbonyl (C=O) groups is 2. The fourth-order valence-corrected chi connectivity index (χ4v) is 5.55. The molecule has 0 aliphatic heterocycles. The van der Waals surface area contributed by atoms with Gasteiger partial charge in [0.15, 0.2) is 6.10 Å². The van der Waals surface area contributed by atoms with Crippen LogP contribution in [0.1, 0.15) is 142 Å². The lowest BCUT2D eigenvalue weighted by atomic mass is 10.1. The second kappa shape index (κ2) is 32.8. The van der Waals surface area contributed by atoms with E-state index in [4.69, 9.17) is 18.5 Å². The number of hydrogen-bond donors (Lipinski definition) is 0. The van der Waals surface area contributed by atoms with E-state index in [2.05, 4.69) is 62.5 Å². The summed E-state index contributed by atoms with van der Waals surface area (Å²) in [5.41, 5.74) is 0. The molecule has 0 radical (unpaired) electrons. The molecule has 0 aliphatic carbocycles. The molecule has 0 bridgehead atoms. The van der Waals surface area contributed by atoms with E-state index in [9.17, 15) is 19.0 Å². The van der Waals surface area contributed by atoms with E-state index in [0.717, 1.165) is 57.8 Å². The number of phosphoric ester groups is 1. The number of allylic oxidation sites excluding steroid dienone is 8. The largest absolute Gasteiger partial charge is 0.756 e. The predicted molar refractivity (Wildman–Crippen MR) is 203 cm³/mol. The molecule has 0 rings (SSSR count). The van der Waals surface area contributed by atoms with Gasteiger partial charge in [-0.3, -0.25) is 14.2 Å². The highest BCUT2D eigenvalue weighted by atomic mass is 31.2. The van der Waals surface area contributed by atoms with Gasteiger partial charge >= 0.3 is 11.9 Å². The van der Waals surface area contributed by atoms with Gasteiger partial charge < -0.3 is 27.9 Å². The first-order chi connectivity index (χ1) is 24.0. The smallest absolute Gasteiger partial charge is 0.306 e. The Hall–Kier alpha value is -2.03. The van der Waals surface area contributed by atoms with Gasteiger partial charge in [0.2, 0.25) is 0 Å². The molecule has 2 unspecified atom stereocenters.